The van der Waals surface area contributed by atoms with Crippen LogP contribution in [0.1, 0.15) is 17.5 Å². The number of rotatable bonds is 6. The predicted molar refractivity (Wildman–Crippen MR) is 114 cm³/mol. The van der Waals surface area contributed by atoms with E-state index in [-0.39, 0.29) is 5.92 Å². The summed E-state index contributed by atoms with van der Waals surface area (Å²) in [6.07, 6.45) is -0.689. The van der Waals surface area contributed by atoms with Crippen LogP contribution in [0.15, 0.2) is 53.7 Å². The maximum Gasteiger partial charge on any atom is 0.490 e. The van der Waals surface area contributed by atoms with Gasteiger partial charge in [-0.05, 0) is 43.2 Å². The quantitative estimate of drug-likeness (QED) is 0.647. The van der Waals surface area contributed by atoms with Gasteiger partial charge < -0.3 is 14.6 Å². The smallest absolute Gasteiger partial charge is 0.475 e. The van der Waals surface area contributed by atoms with Crippen molar-refractivity contribution in [2.75, 3.05) is 26.3 Å². The third-order valence-corrected chi connectivity index (χ3v) is 7.53. The summed E-state index contributed by atoms with van der Waals surface area (Å²) in [6, 6.07) is 10.8. The van der Waals surface area contributed by atoms with Gasteiger partial charge in [-0.3, -0.25) is 4.98 Å². The van der Waals surface area contributed by atoms with Crippen molar-refractivity contribution in [3.05, 3.63) is 59.9 Å². The number of halogens is 3. The lowest BCUT2D eigenvalue weighted by Crippen LogP contribution is -2.66. The number of pyridine rings is 1. The van der Waals surface area contributed by atoms with Crippen molar-refractivity contribution in [3.63, 3.8) is 0 Å². The van der Waals surface area contributed by atoms with Crippen LogP contribution in [0.5, 0.6) is 0 Å². The van der Waals surface area contributed by atoms with Crippen LogP contribution in [0.25, 0.3) is 0 Å². The molecule has 0 amide bonds. The summed E-state index contributed by atoms with van der Waals surface area (Å²) < 4.78 is 70.7. The number of carboxylic acid groups (broad SMARTS) is 1. The Bertz CT molecular complexity index is 1070. The molecular formula is C22H25F3N2O6S. The van der Waals surface area contributed by atoms with E-state index in [9.17, 15) is 21.6 Å². The predicted octanol–water partition coefficient (Wildman–Crippen LogP) is 3.02. The van der Waals surface area contributed by atoms with Crippen LogP contribution < -0.4 is 0 Å². The van der Waals surface area contributed by atoms with Gasteiger partial charge in [0.2, 0.25) is 10.0 Å². The van der Waals surface area contributed by atoms with E-state index in [2.05, 4.69) is 4.98 Å². The number of alkyl halides is 3. The third kappa shape index (κ3) is 6.12. The van der Waals surface area contributed by atoms with E-state index in [1.807, 2.05) is 31.2 Å². The Labute approximate surface area is 195 Å². The van der Waals surface area contributed by atoms with Gasteiger partial charge in [0.15, 0.2) is 0 Å². The Morgan fingerprint density at radius 3 is 2.35 bits per heavy atom. The van der Waals surface area contributed by atoms with Crippen LogP contribution in [0.3, 0.4) is 0 Å². The van der Waals surface area contributed by atoms with Crippen molar-refractivity contribution in [2.45, 2.75) is 36.6 Å². The highest BCUT2D eigenvalue weighted by molar-refractivity contribution is 7.89. The van der Waals surface area contributed by atoms with Crippen molar-refractivity contribution in [3.8, 4) is 0 Å². The summed E-state index contributed by atoms with van der Waals surface area (Å²) in [4.78, 5) is 13.2. The van der Waals surface area contributed by atoms with E-state index < -0.39 is 27.8 Å². The zero-order valence-corrected chi connectivity index (χ0v) is 19.2. The van der Waals surface area contributed by atoms with Crippen LogP contribution in [-0.2, 0) is 30.9 Å². The Morgan fingerprint density at radius 2 is 1.79 bits per heavy atom. The fourth-order valence-electron chi connectivity index (χ4n) is 3.75. The first-order valence-electron chi connectivity index (χ1n) is 10.4. The first-order valence-corrected chi connectivity index (χ1v) is 11.9. The molecule has 1 spiro atoms. The van der Waals surface area contributed by atoms with E-state index in [1.165, 1.54) is 4.31 Å². The molecule has 2 aliphatic rings. The molecule has 1 atom stereocenters. The number of hydrogen-bond acceptors (Lipinski definition) is 6. The van der Waals surface area contributed by atoms with E-state index in [1.54, 1.807) is 24.5 Å². The van der Waals surface area contributed by atoms with Gasteiger partial charge in [0.05, 0.1) is 18.1 Å². The van der Waals surface area contributed by atoms with Crippen LogP contribution in [0.2, 0.25) is 0 Å². The van der Waals surface area contributed by atoms with Gasteiger partial charge in [0.1, 0.15) is 5.60 Å². The number of hydrogen-bond donors (Lipinski definition) is 1. The molecule has 0 bridgehead atoms. The second kappa shape index (κ2) is 10.4. The number of aliphatic carboxylic acids is 1. The van der Waals surface area contributed by atoms with Crippen molar-refractivity contribution in [2.24, 2.45) is 5.92 Å². The molecule has 1 unspecified atom stereocenters. The number of carbonyl (C=O) groups is 1. The molecule has 2 saturated heterocycles. The summed E-state index contributed by atoms with van der Waals surface area (Å²) in [7, 11) is -3.46. The molecule has 1 aromatic heterocycles. The Morgan fingerprint density at radius 1 is 1.21 bits per heavy atom. The Hall–Kier alpha value is -2.54. The highest BCUT2D eigenvalue weighted by Crippen LogP contribution is 2.42. The van der Waals surface area contributed by atoms with Crippen molar-refractivity contribution in [1.82, 2.24) is 9.29 Å². The highest BCUT2D eigenvalue weighted by atomic mass is 32.2. The average molecular weight is 503 g/mol. The molecule has 2 fully saturated rings. The van der Waals surface area contributed by atoms with Crippen LogP contribution >= 0.6 is 0 Å². The van der Waals surface area contributed by atoms with Gasteiger partial charge in [-0.2, -0.15) is 17.5 Å². The molecule has 2 aliphatic heterocycles. The van der Waals surface area contributed by atoms with Crippen molar-refractivity contribution < 1.29 is 41.0 Å². The van der Waals surface area contributed by atoms with Gasteiger partial charge >= 0.3 is 12.1 Å². The molecule has 0 aliphatic carbocycles. The lowest BCUT2D eigenvalue weighted by molar-refractivity contribution is -0.192. The molecule has 4 rings (SSSR count). The fourth-order valence-corrected chi connectivity index (χ4v) is 5.30. The molecule has 12 heteroatoms. The molecule has 2 aromatic rings. The maximum atomic E-state index is 12.8. The maximum absolute atomic E-state index is 12.8. The van der Waals surface area contributed by atoms with Gasteiger partial charge in [-0.1, -0.05) is 17.7 Å². The number of ether oxygens (including phenoxy) is 2. The van der Waals surface area contributed by atoms with Gasteiger partial charge in [-0.25, -0.2) is 13.2 Å². The first-order chi connectivity index (χ1) is 15.9. The van der Waals surface area contributed by atoms with Crippen molar-refractivity contribution in [1.29, 1.82) is 0 Å². The second-order valence-electron chi connectivity index (χ2n) is 8.16. The van der Waals surface area contributed by atoms with Crippen LogP contribution in [0, 0.1) is 12.8 Å². The summed E-state index contributed by atoms with van der Waals surface area (Å²) in [6.45, 7) is 4.49. The highest BCUT2D eigenvalue weighted by Gasteiger charge is 2.56. The van der Waals surface area contributed by atoms with E-state index in [4.69, 9.17) is 19.4 Å². The number of aromatic nitrogens is 1. The summed E-state index contributed by atoms with van der Waals surface area (Å²) in [5.41, 5.74) is 1.71. The topological polar surface area (TPSA) is 106 Å². The summed E-state index contributed by atoms with van der Waals surface area (Å²) in [5.74, 6) is -2.55. The molecule has 1 N–H and O–H groups in total. The molecular weight excluding hydrogens is 477 g/mol. The van der Waals surface area contributed by atoms with Crippen LogP contribution in [0.4, 0.5) is 13.2 Å². The summed E-state index contributed by atoms with van der Waals surface area (Å²) in [5, 5.41) is 7.12. The Balaban J connectivity index is 0.000000406. The average Bonchev–Trinajstić information content (AvgIpc) is 3.18. The minimum atomic E-state index is -5.08. The standard InChI is InChI=1S/C20H24N2O4S.C2HF3O2/c1-16-2-4-19(5-3-16)27(23,24)22-14-20(15-22)18(8-11-26-20)13-25-12-17-6-9-21-10-7-17;3-2(4,5)1(6)7/h2-7,9-10,18H,8,11-15H2,1H3;(H,6,7). The molecule has 186 valence electrons. The normalized spacial score (nSPS) is 19.8. The molecule has 0 radical (unpaired) electrons. The monoisotopic (exact) mass is 502 g/mol. The molecule has 0 saturated carbocycles. The van der Waals surface area contributed by atoms with Gasteiger partial charge in [0.25, 0.3) is 0 Å². The van der Waals surface area contributed by atoms with Gasteiger partial charge in [-0.15, -0.1) is 0 Å². The Kier molecular flexibility index (Phi) is 7.96. The van der Waals surface area contributed by atoms with E-state index in [0.717, 1.165) is 17.5 Å². The lowest BCUT2D eigenvalue weighted by atomic mass is 9.83. The number of carboxylic acids is 1. The first kappa shape index (κ1) is 26.1. The zero-order chi connectivity index (χ0) is 25.0. The zero-order valence-electron chi connectivity index (χ0n) is 18.4. The van der Waals surface area contributed by atoms with Crippen molar-refractivity contribution >= 4 is 16.0 Å². The van der Waals surface area contributed by atoms with E-state index >= 15 is 0 Å². The SMILES string of the molecule is Cc1ccc(S(=O)(=O)N2CC3(C2)OCCC3COCc2ccncc2)cc1.O=C(O)C(F)(F)F. The second-order valence-corrected chi connectivity index (χ2v) is 10.1. The molecule has 8 nitrogen and oxygen atoms in total. The van der Waals surface area contributed by atoms with Crippen LogP contribution in [-0.4, -0.2) is 66.9 Å². The third-order valence-electron chi connectivity index (χ3n) is 5.73. The van der Waals surface area contributed by atoms with Gasteiger partial charge in [0, 0.05) is 38.0 Å². The number of nitrogens with zero attached hydrogens (tertiary/aromatic N) is 2. The number of sulfonamides is 1. The molecule has 34 heavy (non-hydrogen) atoms. The lowest BCUT2D eigenvalue weighted by Gasteiger charge is -2.49. The number of aryl methyl sites for hydroxylation is 1. The molecule has 3 heterocycles. The minimum Gasteiger partial charge on any atom is -0.475 e. The molecule has 1 aromatic carbocycles. The summed E-state index contributed by atoms with van der Waals surface area (Å²) >= 11 is 0. The van der Waals surface area contributed by atoms with E-state index in [0.29, 0.717) is 37.8 Å². The fraction of sp³-hybridized carbons (Fsp3) is 0.455. The number of benzene rings is 1. The minimum absolute atomic E-state index is 0.212. The largest absolute Gasteiger partial charge is 0.490 e.